The molecule has 98 valence electrons. The fourth-order valence-electron chi connectivity index (χ4n) is 1.68. The summed E-state index contributed by atoms with van der Waals surface area (Å²) < 4.78 is 0. The molecule has 0 saturated heterocycles. The second kappa shape index (κ2) is 5.59. The van der Waals surface area contributed by atoms with Gasteiger partial charge in [-0.25, -0.2) is 0 Å². The normalized spacial score (nSPS) is 20.1. The second-order valence-corrected chi connectivity index (χ2v) is 4.65. The summed E-state index contributed by atoms with van der Waals surface area (Å²) in [6.45, 7) is 0. The highest BCUT2D eigenvalue weighted by atomic mass is 79.9. The second-order valence-electron chi connectivity index (χ2n) is 3.69. The van der Waals surface area contributed by atoms with Crippen LogP contribution in [0.1, 0.15) is 5.56 Å². The van der Waals surface area contributed by atoms with Crippen LogP contribution >= 0.6 is 11.8 Å². The van der Waals surface area contributed by atoms with Crippen LogP contribution in [0.15, 0.2) is 39.6 Å². The summed E-state index contributed by atoms with van der Waals surface area (Å²) in [4.78, 5) is 10.3. The first-order valence-electron chi connectivity index (χ1n) is 5.17. The molecule has 19 heavy (non-hydrogen) atoms. The van der Waals surface area contributed by atoms with E-state index < -0.39 is 4.92 Å². The lowest BCUT2D eigenvalue weighted by molar-refractivity contribution is -0.693. The molecular weight excluding hydrogens is 334 g/mol. The average molecular weight is 342 g/mol. The molecular formula is C10H8BrN5O2S. The number of nitrogens with zero attached hydrogens (tertiary/aromatic N) is 4. The van der Waals surface area contributed by atoms with Crippen LogP contribution in [0.2, 0.25) is 0 Å². The molecule has 2 heterocycles. The van der Waals surface area contributed by atoms with E-state index in [0.29, 0.717) is 5.75 Å². The number of thioether (sulfide) groups is 1. The Balaban J connectivity index is 0.00000133. The van der Waals surface area contributed by atoms with Gasteiger partial charge in [0.2, 0.25) is 6.34 Å². The van der Waals surface area contributed by atoms with Gasteiger partial charge in [-0.15, -0.1) is 5.01 Å². The van der Waals surface area contributed by atoms with Crippen molar-refractivity contribution in [1.29, 1.82) is 0 Å². The molecule has 0 spiro atoms. The van der Waals surface area contributed by atoms with E-state index in [1.807, 2.05) is 6.07 Å². The van der Waals surface area contributed by atoms with Crippen molar-refractivity contribution in [3.05, 3.63) is 39.9 Å². The number of quaternary nitrogens is 1. The van der Waals surface area contributed by atoms with Crippen LogP contribution in [0.25, 0.3) is 0 Å². The smallest absolute Gasteiger partial charge is 0.314 e. The van der Waals surface area contributed by atoms with Gasteiger partial charge in [-0.3, -0.25) is 10.1 Å². The number of hydrogen-bond donors (Lipinski definition) is 1. The predicted octanol–water partition coefficient (Wildman–Crippen LogP) is -2.75. The largest absolute Gasteiger partial charge is 1.00 e. The third-order valence-electron chi connectivity index (χ3n) is 2.54. The Morgan fingerprint density at radius 3 is 3.05 bits per heavy atom. The van der Waals surface area contributed by atoms with Crippen LogP contribution in [0, 0.1) is 10.1 Å². The lowest BCUT2D eigenvalue weighted by Crippen LogP contribution is -3.08. The Morgan fingerprint density at radius 2 is 2.26 bits per heavy atom. The van der Waals surface area contributed by atoms with Crippen molar-refractivity contribution in [2.24, 2.45) is 15.3 Å². The Labute approximate surface area is 123 Å². The van der Waals surface area contributed by atoms with Gasteiger partial charge in [-0.05, 0) is 11.8 Å². The lowest BCUT2D eigenvalue weighted by Gasteiger charge is -2.12. The van der Waals surface area contributed by atoms with E-state index in [-0.39, 0.29) is 22.7 Å². The SMILES string of the molecule is O=[N+]([O-])c1cccc(C2=N[NH+]3C=NN=C3SC2)c1.[Br-]. The molecule has 2 aliphatic rings. The molecule has 1 atom stereocenters. The molecule has 9 heteroatoms. The monoisotopic (exact) mass is 341 g/mol. The number of nitro benzene ring substituents is 1. The minimum atomic E-state index is -0.406. The summed E-state index contributed by atoms with van der Waals surface area (Å²) in [7, 11) is 0. The van der Waals surface area contributed by atoms with E-state index in [2.05, 4.69) is 15.3 Å². The average Bonchev–Trinajstić information content (AvgIpc) is 2.86. The predicted molar refractivity (Wildman–Crippen MR) is 69.0 cm³/mol. The van der Waals surface area contributed by atoms with Gasteiger partial charge in [0.25, 0.3) is 5.69 Å². The molecule has 0 fully saturated rings. The number of nitro groups is 1. The molecule has 2 aliphatic heterocycles. The van der Waals surface area contributed by atoms with Crippen LogP contribution < -0.4 is 22.0 Å². The molecule has 0 bridgehead atoms. The molecule has 0 amide bonds. The van der Waals surface area contributed by atoms with E-state index in [4.69, 9.17) is 0 Å². The van der Waals surface area contributed by atoms with Crippen molar-refractivity contribution in [3.8, 4) is 0 Å². The number of hydrogen-bond acceptors (Lipinski definition) is 6. The number of rotatable bonds is 2. The number of fused-ring (bicyclic) bond motifs is 1. The van der Waals surface area contributed by atoms with Gasteiger partial charge in [-0.1, -0.05) is 27.4 Å². The summed E-state index contributed by atoms with van der Waals surface area (Å²) in [6.07, 6.45) is 1.60. The summed E-state index contributed by atoms with van der Waals surface area (Å²) in [6, 6.07) is 6.49. The lowest BCUT2D eigenvalue weighted by atomic mass is 10.1. The van der Waals surface area contributed by atoms with Crippen molar-refractivity contribution < 1.29 is 26.9 Å². The van der Waals surface area contributed by atoms with Crippen molar-refractivity contribution >= 4 is 34.7 Å². The zero-order valence-electron chi connectivity index (χ0n) is 9.49. The summed E-state index contributed by atoms with van der Waals surface area (Å²) in [5.74, 6) is 0.646. The van der Waals surface area contributed by atoms with Gasteiger partial charge >= 0.3 is 5.17 Å². The maximum atomic E-state index is 10.7. The molecule has 0 aromatic heterocycles. The van der Waals surface area contributed by atoms with E-state index in [1.165, 1.54) is 23.9 Å². The van der Waals surface area contributed by atoms with E-state index >= 15 is 0 Å². The minimum Gasteiger partial charge on any atom is -1.00 e. The molecule has 3 rings (SSSR count). The molecule has 7 nitrogen and oxygen atoms in total. The topological polar surface area (TPSA) is 84.7 Å². The van der Waals surface area contributed by atoms with Gasteiger partial charge in [0.05, 0.1) is 10.7 Å². The fourth-order valence-corrected chi connectivity index (χ4v) is 2.54. The molecule has 0 radical (unpaired) electrons. The zero-order chi connectivity index (χ0) is 12.5. The zero-order valence-corrected chi connectivity index (χ0v) is 11.9. The number of non-ortho nitro benzene ring substituents is 1. The Bertz CT molecular complexity index is 616. The van der Waals surface area contributed by atoms with Gasteiger partial charge < -0.3 is 17.0 Å². The quantitative estimate of drug-likeness (QED) is 0.467. The first-order chi connectivity index (χ1) is 8.74. The van der Waals surface area contributed by atoms with Crippen LogP contribution in [0.4, 0.5) is 5.69 Å². The van der Waals surface area contributed by atoms with Crippen LogP contribution in [0.3, 0.4) is 0 Å². The van der Waals surface area contributed by atoms with E-state index in [1.54, 1.807) is 12.4 Å². The molecule has 0 aliphatic carbocycles. The van der Waals surface area contributed by atoms with Gasteiger partial charge in [-0.2, -0.15) is 0 Å². The van der Waals surface area contributed by atoms with Crippen molar-refractivity contribution in [2.45, 2.75) is 0 Å². The maximum Gasteiger partial charge on any atom is 0.314 e. The van der Waals surface area contributed by atoms with Crippen molar-refractivity contribution in [3.63, 3.8) is 0 Å². The Kier molecular flexibility index (Phi) is 4.08. The first kappa shape index (κ1) is 13.8. The molecule has 1 N–H and O–H groups in total. The Morgan fingerprint density at radius 1 is 1.42 bits per heavy atom. The van der Waals surface area contributed by atoms with Crippen LogP contribution in [-0.4, -0.2) is 27.9 Å². The minimum absolute atomic E-state index is 0. The third kappa shape index (κ3) is 2.72. The Hall–Kier alpha value is -1.58. The molecule has 1 aromatic carbocycles. The third-order valence-corrected chi connectivity index (χ3v) is 3.52. The standard InChI is InChI=1S/C10H7N5O2S.BrH/c16-15(17)8-3-1-2-7(4-8)9-5-18-10-12-11-6-14(10)13-9;/h1-4,6H,5H2;1H. The number of benzene rings is 1. The first-order valence-corrected chi connectivity index (χ1v) is 6.16. The van der Waals surface area contributed by atoms with Gasteiger partial charge in [0, 0.05) is 17.7 Å². The number of nitrogens with one attached hydrogen (secondary N) is 1. The van der Waals surface area contributed by atoms with Crippen LogP contribution in [-0.2, 0) is 0 Å². The highest BCUT2D eigenvalue weighted by Gasteiger charge is 2.28. The number of halogens is 1. The highest BCUT2D eigenvalue weighted by Crippen LogP contribution is 2.17. The molecule has 1 unspecified atom stereocenters. The van der Waals surface area contributed by atoms with Gasteiger partial charge in [0.15, 0.2) is 0 Å². The summed E-state index contributed by atoms with van der Waals surface area (Å²) in [5, 5.41) is 24.4. The van der Waals surface area contributed by atoms with Crippen molar-refractivity contribution in [2.75, 3.05) is 5.75 Å². The van der Waals surface area contributed by atoms with Crippen LogP contribution in [0.5, 0.6) is 0 Å². The number of amidine groups is 1. The highest BCUT2D eigenvalue weighted by molar-refractivity contribution is 8.14. The fraction of sp³-hybridized carbons (Fsp3) is 0.100. The molecule has 1 aromatic rings. The summed E-state index contributed by atoms with van der Waals surface area (Å²) >= 11 is 1.54. The van der Waals surface area contributed by atoms with Crippen molar-refractivity contribution in [1.82, 2.24) is 0 Å². The summed E-state index contributed by atoms with van der Waals surface area (Å²) in [5.41, 5.74) is 1.65. The van der Waals surface area contributed by atoms with Gasteiger partial charge in [0.1, 0.15) is 5.71 Å². The van der Waals surface area contributed by atoms with E-state index in [0.717, 1.165) is 21.5 Å². The maximum absolute atomic E-state index is 10.7. The van der Waals surface area contributed by atoms with E-state index in [9.17, 15) is 10.1 Å². The molecule has 0 saturated carbocycles.